The van der Waals surface area contributed by atoms with Crippen molar-refractivity contribution in [2.75, 3.05) is 13.2 Å². The summed E-state index contributed by atoms with van der Waals surface area (Å²) in [6, 6.07) is 0. The number of ether oxygens (including phenoxy) is 1. The van der Waals surface area contributed by atoms with E-state index in [2.05, 4.69) is 4.74 Å². The van der Waals surface area contributed by atoms with E-state index in [0.29, 0.717) is 0 Å². The lowest BCUT2D eigenvalue weighted by molar-refractivity contribution is -0.142. The van der Waals surface area contributed by atoms with Crippen molar-refractivity contribution in [3.05, 3.63) is 0 Å². The fourth-order valence-electron chi connectivity index (χ4n) is 1.26. The van der Waals surface area contributed by atoms with Gasteiger partial charge in [-0.25, -0.2) is 4.79 Å². The summed E-state index contributed by atoms with van der Waals surface area (Å²) in [6.45, 7) is 1.30. The molecule has 1 aliphatic rings. The van der Waals surface area contributed by atoms with Crippen molar-refractivity contribution in [2.24, 2.45) is 0 Å². The highest BCUT2D eigenvalue weighted by molar-refractivity contribution is 6.05. The van der Waals surface area contributed by atoms with E-state index in [1.165, 1.54) is 0 Å². The van der Waals surface area contributed by atoms with E-state index in [9.17, 15) is 19.2 Å². The molecule has 0 aromatic rings. The normalized spacial score (nSPS) is 15.2. The molecule has 0 aromatic heterocycles. The van der Waals surface area contributed by atoms with Gasteiger partial charge >= 0.3 is 6.09 Å². The summed E-state index contributed by atoms with van der Waals surface area (Å²) in [5, 5.41) is 1.90. The highest BCUT2D eigenvalue weighted by atomic mass is 16.5. The van der Waals surface area contributed by atoms with E-state index in [1.54, 1.807) is 6.92 Å². The number of nitrogens with one attached hydrogen (secondary N) is 1. The molecule has 1 saturated heterocycles. The van der Waals surface area contributed by atoms with E-state index in [-0.39, 0.29) is 19.4 Å². The van der Waals surface area contributed by atoms with E-state index < -0.39 is 30.4 Å². The molecule has 0 bridgehead atoms. The predicted octanol–water partition coefficient (Wildman–Crippen LogP) is -0.592. The summed E-state index contributed by atoms with van der Waals surface area (Å²) in [5.41, 5.74) is 0. The number of rotatable bonds is 3. The largest absolute Gasteiger partial charge is 0.450 e. The second-order valence-electron chi connectivity index (χ2n) is 3.14. The van der Waals surface area contributed by atoms with Crippen molar-refractivity contribution in [3.8, 4) is 0 Å². The lowest BCUT2D eigenvalue weighted by Crippen LogP contribution is -2.42. The zero-order valence-corrected chi connectivity index (χ0v) is 8.82. The van der Waals surface area contributed by atoms with Crippen LogP contribution >= 0.6 is 0 Å². The van der Waals surface area contributed by atoms with Crippen LogP contribution in [0.1, 0.15) is 19.8 Å². The van der Waals surface area contributed by atoms with Gasteiger partial charge in [-0.05, 0) is 6.92 Å². The van der Waals surface area contributed by atoms with Crippen molar-refractivity contribution in [2.45, 2.75) is 19.8 Å². The number of likely N-dealkylation sites (tertiary alicyclic amines) is 1. The van der Waals surface area contributed by atoms with Crippen LogP contribution in [-0.2, 0) is 19.1 Å². The zero-order valence-electron chi connectivity index (χ0n) is 8.82. The Kier molecular flexibility index (Phi) is 3.98. The fourth-order valence-corrected chi connectivity index (χ4v) is 1.26. The molecule has 0 saturated carbocycles. The van der Waals surface area contributed by atoms with Crippen LogP contribution in [0, 0.1) is 0 Å². The van der Waals surface area contributed by atoms with Gasteiger partial charge in [0, 0.05) is 12.8 Å². The Balaban J connectivity index is 2.42. The van der Waals surface area contributed by atoms with Gasteiger partial charge < -0.3 is 4.74 Å². The van der Waals surface area contributed by atoms with Crippen LogP contribution in [0.25, 0.3) is 0 Å². The third-order valence-electron chi connectivity index (χ3n) is 1.97. The molecule has 1 fully saturated rings. The summed E-state index contributed by atoms with van der Waals surface area (Å²) in [7, 11) is 0. The van der Waals surface area contributed by atoms with E-state index in [0.717, 1.165) is 4.90 Å². The molecule has 0 aliphatic carbocycles. The molecule has 1 N–H and O–H groups in total. The average molecular weight is 228 g/mol. The van der Waals surface area contributed by atoms with Crippen molar-refractivity contribution in [1.82, 2.24) is 10.2 Å². The highest BCUT2D eigenvalue weighted by Gasteiger charge is 2.30. The van der Waals surface area contributed by atoms with E-state index in [4.69, 9.17) is 0 Å². The Morgan fingerprint density at radius 3 is 2.38 bits per heavy atom. The Labute approximate surface area is 91.7 Å². The highest BCUT2D eigenvalue weighted by Crippen LogP contribution is 2.10. The maximum Gasteiger partial charge on any atom is 0.413 e. The lowest BCUT2D eigenvalue weighted by Gasteiger charge is -2.12. The number of carbonyl (C=O) groups is 4. The number of nitrogens with zero attached hydrogens (tertiary/aromatic N) is 1. The topological polar surface area (TPSA) is 92.8 Å². The molecule has 1 heterocycles. The molecule has 1 rings (SSSR count). The van der Waals surface area contributed by atoms with Crippen LogP contribution in [0.15, 0.2) is 0 Å². The fraction of sp³-hybridized carbons (Fsp3) is 0.556. The first kappa shape index (κ1) is 12.2. The van der Waals surface area contributed by atoms with Gasteiger partial charge in [0.1, 0.15) is 6.54 Å². The Morgan fingerprint density at radius 1 is 1.31 bits per heavy atom. The van der Waals surface area contributed by atoms with Crippen LogP contribution in [0.5, 0.6) is 0 Å². The van der Waals surface area contributed by atoms with Gasteiger partial charge in [0.25, 0.3) is 0 Å². The Hall–Kier alpha value is -1.92. The minimum Gasteiger partial charge on any atom is -0.450 e. The molecule has 1 aliphatic heterocycles. The third kappa shape index (κ3) is 3.04. The van der Waals surface area contributed by atoms with Gasteiger partial charge in [-0.3, -0.25) is 24.6 Å². The first-order chi connectivity index (χ1) is 7.54. The van der Waals surface area contributed by atoms with Gasteiger partial charge in [-0.1, -0.05) is 0 Å². The number of alkyl carbamates (subject to hydrolysis) is 1. The van der Waals surface area contributed by atoms with Crippen LogP contribution < -0.4 is 5.32 Å². The van der Waals surface area contributed by atoms with Crippen LogP contribution in [0.2, 0.25) is 0 Å². The second-order valence-corrected chi connectivity index (χ2v) is 3.14. The number of carbonyl (C=O) groups excluding carboxylic acids is 4. The summed E-state index contributed by atoms with van der Waals surface area (Å²) in [6.07, 6.45) is -0.650. The number of hydrogen-bond donors (Lipinski definition) is 1. The molecule has 0 radical (unpaired) electrons. The first-order valence-corrected chi connectivity index (χ1v) is 4.84. The van der Waals surface area contributed by atoms with Crippen molar-refractivity contribution < 1.29 is 23.9 Å². The Bertz CT molecular complexity index is 323. The van der Waals surface area contributed by atoms with Gasteiger partial charge in [0.2, 0.25) is 17.7 Å². The zero-order chi connectivity index (χ0) is 12.1. The summed E-state index contributed by atoms with van der Waals surface area (Å²) in [4.78, 5) is 45.2. The van der Waals surface area contributed by atoms with Crippen LogP contribution in [0.4, 0.5) is 4.79 Å². The quantitative estimate of drug-likeness (QED) is 0.651. The first-order valence-electron chi connectivity index (χ1n) is 4.84. The monoisotopic (exact) mass is 228 g/mol. The minimum atomic E-state index is -0.883. The van der Waals surface area contributed by atoms with Gasteiger partial charge in [0.15, 0.2) is 0 Å². The minimum absolute atomic E-state index is 0.117. The molecule has 0 spiro atoms. The Morgan fingerprint density at radius 2 is 1.88 bits per heavy atom. The van der Waals surface area contributed by atoms with Crippen molar-refractivity contribution in [1.29, 1.82) is 0 Å². The van der Waals surface area contributed by atoms with Crippen LogP contribution in [-0.4, -0.2) is 41.9 Å². The second kappa shape index (κ2) is 5.24. The molecule has 7 nitrogen and oxygen atoms in total. The van der Waals surface area contributed by atoms with Gasteiger partial charge in [0.05, 0.1) is 6.61 Å². The van der Waals surface area contributed by atoms with Crippen molar-refractivity contribution >= 4 is 23.8 Å². The molecule has 0 unspecified atom stereocenters. The SMILES string of the molecule is CCOC(=O)NC(=O)CN1C(=O)CCC1=O. The molecule has 0 aromatic carbocycles. The maximum atomic E-state index is 11.2. The average Bonchev–Trinajstić information content (AvgIpc) is 2.49. The van der Waals surface area contributed by atoms with E-state index in [1.807, 2.05) is 5.32 Å². The molecule has 0 atom stereocenters. The van der Waals surface area contributed by atoms with E-state index >= 15 is 0 Å². The number of amides is 4. The molecule has 4 amide bonds. The summed E-state index contributed by atoms with van der Waals surface area (Å²) >= 11 is 0. The smallest absolute Gasteiger partial charge is 0.413 e. The standard InChI is InChI=1S/C9H12N2O5/c1-2-16-9(15)10-6(12)5-11-7(13)3-4-8(11)14/h2-5H2,1H3,(H,10,12,15). The number of hydrogen-bond acceptors (Lipinski definition) is 5. The number of imide groups is 2. The molecular formula is C9H12N2O5. The lowest BCUT2D eigenvalue weighted by atomic mass is 10.4. The van der Waals surface area contributed by atoms with Crippen molar-refractivity contribution in [3.63, 3.8) is 0 Å². The third-order valence-corrected chi connectivity index (χ3v) is 1.97. The summed E-state index contributed by atoms with van der Waals surface area (Å²) < 4.78 is 4.47. The molecular weight excluding hydrogens is 216 g/mol. The van der Waals surface area contributed by atoms with Gasteiger partial charge in [-0.15, -0.1) is 0 Å². The predicted molar refractivity (Wildman–Crippen MR) is 51.1 cm³/mol. The molecule has 16 heavy (non-hydrogen) atoms. The molecule has 7 heteroatoms. The van der Waals surface area contributed by atoms with Crippen LogP contribution in [0.3, 0.4) is 0 Å². The summed E-state index contributed by atoms with van der Waals surface area (Å²) in [5.74, 6) is -1.53. The van der Waals surface area contributed by atoms with Gasteiger partial charge in [-0.2, -0.15) is 0 Å². The maximum absolute atomic E-state index is 11.2. The molecule has 88 valence electrons.